The lowest BCUT2D eigenvalue weighted by Crippen LogP contribution is -2.29. The summed E-state index contributed by atoms with van der Waals surface area (Å²) >= 11 is 1.41. The Kier molecular flexibility index (Phi) is 5.97. The molecule has 1 N–H and O–H groups in total. The van der Waals surface area contributed by atoms with E-state index in [1.807, 2.05) is 0 Å². The highest BCUT2D eigenvalue weighted by molar-refractivity contribution is 14.1. The van der Waals surface area contributed by atoms with Gasteiger partial charge in [0.2, 0.25) is 0 Å². The predicted molar refractivity (Wildman–Crippen MR) is 52.4 cm³/mol. The fourth-order valence-electron chi connectivity index (χ4n) is 0.705. The molecule has 76 valence electrons. The van der Waals surface area contributed by atoms with E-state index in [1.54, 1.807) is 13.8 Å². The molecule has 1 atom stereocenters. The molecule has 0 aromatic heterocycles. The van der Waals surface area contributed by atoms with E-state index in [-0.39, 0.29) is 12.5 Å². The van der Waals surface area contributed by atoms with Gasteiger partial charge < -0.3 is 12.9 Å². The van der Waals surface area contributed by atoms with Gasteiger partial charge >= 0.3 is 11.9 Å². The van der Waals surface area contributed by atoms with Crippen LogP contribution in [0.1, 0.15) is 20.3 Å². The molecule has 0 aliphatic heterocycles. The van der Waals surface area contributed by atoms with Crippen LogP contribution in [0.3, 0.4) is 0 Å². The zero-order valence-corrected chi connectivity index (χ0v) is 9.48. The summed E-state index contributed by atoms with van der Waals surface area (Å²) in [5.41, 5.74) is 0. The predicted octanol–water partition coefficient (Wildman–Crippen LogP) is 1.15. The molecule has 0 fully saturated rings. The van der Waals surface area contributed by atoms with Crippen LogP contribution in [-0.2, 0) is 17.4 Å². The number of aliphatic carboxylic acids is 1. The van der Waals surface area contributed by atoms with Crippen molar-refractivity contribution in [1.82, 2.24) is 0 Å². The molecule has 5 nitrogen and oxygen atoms in total. The first-order valence-corrected chi connectivity index (χ1v) is 4.55. The van der Waals surface area contributed by atoms with E-state index in [9.17, 15) is 9.59 Å². The van der Waals surface area contributed by atoms with Crippen molar-refractivity contribution in [3.05, 3.63) is 0 Å². The average Bonchev–Trinajstić information content (AvgIpc) is 2.02. The number of hydrogen-bond acceptors (Lipinski definition) is 4. The molecule has 0 radical (unpaired) electrons. The minimum absolute atomic E-state index is 0.233. The Hall–Kier alpha value is -0.370. The zero-order valence-electron chi connectivity index (χ0n) is 7.32. The molecule has 0 saturated carbocycles. The molecule has 0 amide bonds. The van der Waals surface area contributed by atoms with E-state index in [0.717, 1.165) is 0 Å². The molecule has 0 aromatic rings. The summed E-state index contributed by atoms with van der Waals surface area (Å²) in [6, 6.07) is 0. The van der Waals surface area contributed by atoms with Crippen LogP contribution in [0.25, 0.3) is 0 Å². The van der Waals surface area contributed by atoms with Gasteiger partial charge in [-0.2, -0.15) is 0 Å². The van der Waals surface area contributed by atoms with Crippen molar-refractivity contribution in [3.8, 4) is 0 Å². The average molecular weight is 302 g/mol. The Labute approximate surface area is 90.1 Å². The molecule has 0 rings (SSSR count). The van der Waals surface area contributed by atoms with Gasteiger partial charge in [-0.05, 0) is 13.8 Å². The van der Waals surface area contributed by atoms with Crippen molar-refractivity contribution in [1.29, 1.82) is 0 Å². The molecule has 0 aromatic carbocycles. The smallest absolute Gasteiger partial charge is 0.333 e. The molecular weight excluding hydrogens is 291 g/mol. The molecule has 0 aliphatic rings. The monoisotopic (exact) mass is 302 g/mol. The van der Waals surface area contributed by atoms with Crippen molar-refractivity contribution < 1.29 is 22.5 Å². The van der Waals surface area contributed by atoms with Gasteiger partial charge in [0.25, 0.3) is 0 Å². The molecule has 13 heavy (non-hydrogen) atoms. The van der Waals surface area contributed by atoms with Crippen molar-refractivity contribution in [2.24, 2.45) is 0 Å². The Morgan fingerprint density at radius 1 is 1.46 bits per heavy atom. The summed E-state index contributed by atoms with van der Waals surface area (Å²) in [5.74, 6) is -1.76. The van der Waals surface area contributed by atoms with Gasteiger partial charge in [0.1, 0.15) is 0 Å². The second-order valence-electron chi connectivity index (χ2n) is 2.67. The summed E-state index contributed by atoms with van der Waals surface area (Å²) in [7, 11) is 0. The van der Waals surface area contributed by atoms with Gasteiger partial charge in [-0.3, -0.25) is 4.79 Å². The van der Waals surface area contributed by atoms with Gasteiger partial charge in [0.15, 0.2) is 29.1 Å². The fourth-order valence-corrected chi connectivity index (χ4v) is 0.885. The highest BCUT2D eigenvalue weighted by Gasteiger charge is 2.23. The Morgan fingerprint density at radius 2 is 2.00 bits per heavy atom. The van der Waals surface area contributed by atoms with Crippen molar-refractivity contribution in [2.45, 2.75) is 32.5 Å². The Balaban J connectivity index is 4.10. The van der Waals surface area contributed by atoms with Crippen LogP contribution in [0.15, 0.2) is 0 Å². The first kappa shape index (κ1) is 12.6. The van der Waals surface area contributed by atoms with E-state index in [0.29, 0.717) is 0 Å². The maximum Gasteiger partial charge on any atom is 0.333 e. The molecule has 0 saturated heterocycles. The van der Waals surface area contributed by atoms with Gasteiger partial charge in [-0.15, -0.1) is 0 Å². The minimum atomic E-state index is -1.16. The van der Waals surface area contributed by atoms with Gasteiger partial charge in [0.05, 0.1) is 12.5 Å². The Bertz CT molecular complexity index is 191. The highest BCUT2D eigenvalue weighted by atomic mass is 127. The lowest BCUT2D eigenvalue weighted by Gasteiger charge is -2.14. The quantitative estimate of drug-likeness (QED) is 0.771. The van der Waals surface area contributed by atoms with E-state index in [4.69, 9.17) is 9.84 Å². The maximum absolute atomic E-state index is 10.7. The first-order valence-electron chi connectivity index (χ1n) is 3.67. The van der Waals surface area contributed by atoms with Crippen LogP contribution in [0.4, 0.5) is 0 Å². The second kappa shape index (κ2) is 6.14. The summed E-state index contributed by atoms with van der Waals surface area (Å²) in [5, 5.41) is 8.63. The van der Waals surface area contributed by atoms with Gasteiger partial charge in [0, 0.05) is 0 Å². The number of carbonyl (C=O) groups excluding carboxylic acids is 1. The minimum Gasteiger partial charge on any atom is -0.479 e. The first-order chi connectivity index (χ1) is 5.97. The fraction of sp³-hybridized carbons (Fsp3) is 0.714. The highest BCUT2D eigenvalue weighted by Crippen LogP contribution is 2.06. The van der Waals surface area contributed by atoms with Crippen LogP contribution < -0.4 is 0 Å². The third kappa shape index (κ3) is 5.81. The largest absolute Gasteiger partial charge is 0.479 e. The van der Waals surface area contributed by atoms with Crippen LogP contribution >= 0.6 is 23.0 Å². The van der Waals surface area contributed by atoms with Crippen LogP contribution in [0.5, 0.6) is 0 Å². The third-order valence-electron chi connectivity index (χ3n) is 1.15. The number of hydrogen-bond donors (Lipinski definition) is 1. The van der Waals surface area contributed by atoms with Crippen molar-refractivity contribution >= 4 is 34.9 Å². The number of halogens is 1. The Morgan fingerprint density at radius 3 is 2.31 bits per heavy atom. The van der Waals surface area contributed by atoms with Crippen molar-refractivity contribution in [3.63, 3.8) is 0 Å². The summed E-state index contributed by atoms with van der Waals surface area (Å²) in [4.78, 5) is 21.3. The van der Waals surface area contributed by atoms with E-state index in [2.05, 4.69) is 3.07 Å². The van der Waals surface area contributed by atoms with Crippen LogP contribution in [-0.4, -0.2) is 29.3 Å². The van der Waals surface area contributed by atoms with Gasteiger partial charge in [-0.1, -0.05) is 0 Å². The van der Waals surface area contributed by atoms with Gasteiger partial charge in [-0.25, -0.2) is 4.79 Å². The number of carbonyl (C=O) groups is 2. The topological polar surface area (TPSA) is 72.8 Å². The second-order valence-corrected chi connectivity index (χ2v) is 3.11. The number of ether oxygens (including phenoxy) is 1. The molecule has 0 heterocycles. The molecule has 0 bridgehead atoms. The molecule has 6 heteroatoms. The van der Waals surface area contributed by atoms with Crippen molar-refractivity contribution in [2.75, 3.05) is 0 Å². The maximum atomic E-state index is 10.7. The molecule has 1 unspecified atom stereocenters. The normalized spacial score (nSPS) is 12.6. The summed E-state index contributed by atoms with van der Waals surface area (Å²) < 4.78 is 9.28. The lowest BCUT2D eigenvalue weighted by atomic mass is 10.2. The SMILES string of the molecule is CC(C)OC(CC(=O)OI)C(=O)O. The zero-order chi connectivity index (χ0) is 10.4. The standard InChI is InChI=1S/C7H11IO5/c1-4(2)12-5(7(10)11)3-6(9)13-8/h4-5H,3H2,1-2H3,(H,10,11). The number of carboxylic acids is 1. The van der Waals surface area contributed by atoms with E-state index < -0.39 is 18.0 Å². The molecule has 0 aliphatic carbocycles. The summed E-state index contributed by atoms with van der Waals surface area (Å²) in [6.07, 6.45) is -1.62. The van der Waals surface area contributed by atoms with E-state index in [1.165, 1.54) is 23.0 Å². The summed E-state index contributed by atoms with van der Waals surface area (Å²) in [6.45, 7) is 3.40. The number of rotatable bonds is 5. The number of carboxylic acid groups (broad SMARTS) is 1. The molecule has 0 spiro atoms. The van der Waals surface area contributed by atoms with E-state index >= 15 is 0 Å². The van der Waals surface area contributed by atoms with Crippen LogP contribution in [0, 0.1) is 0 Å². The van der Waals surface area contributed by atoms with Crippen LogP contribution in [0.2, 0.25) is 0 Å². The molecular formula is C7H11IO5. The third-order valence-corrected chi connectivity index (χ3v) is 1.64. The lowest BCUT2D eigenvalue weighted by molar-refractivity contribution is -0.158.